The van der Waals surface area contributed by atoms with Crippen LogP contribution in [0.1, 0.15) is 59.7 Å². The van der Waals surface area contributed by atoms with Crippen LogP contribution < -0.4 is 0 Å². The van der Waals surface area contributed by atoms with Gasteiger partial charge in [-0.2, -0.15) is 0 Å². The van der Waals surface area contributed by atoms with Crippen LogP contribution in [-0.2, 0) is 9.59 Å². The van der Waals surface area contributed by atoms with Crippen molar-refractivity contribution in [1.82, 2.24) is 4.90 Å². The summed E-state index contributed by atoms with van der Waals surface area (Å²) >= 11 is 5.01. The summed E-state index contributed by atoms with van der Waals surface area (Å²) in [6.07, 6.45) is 5.11. The Hall–Kier alpha value is -1.92. The van der Waals surface area contributed by atoms with Crippen LogP contribution in [0.25, 0.3) is 5.76 Å². The number of amides is 1. The summed E-state index contributed by atoms with van der Waals surface area (Å²) in [5, 5.41) is 13.2. The number of likely N-dealkylation sites (tertiary alicyclic amines) is 1. The van der Waals surface area contributed by atoms with E-state index < -0.39 is 17.7 Å². The fraction of sp³-hybridized carbons (Fsp3) is 0.391. The first-order chi connectivity index (χ1) is 13.9. The van der Waals surface area contributed by atoms with Gasteiger partial charge in [0.05, 0.1) is 5.57 Å². The summed E-state index contributed by atoms with van der Waals surface area (Å²) in [6, 6.07) is 7.01. The quantitative estimate of drug-likeness (QED) is 0.343. The molecule has 1 aliphatic carbocycles. The summed E-state index contributed by atoms with van der Waals surface area (Å²) < 4.78 is 0.933. The maximum atomic E-state index is 13.1. The molecule has 6 heteroatoms. The number of hydrogen-bond donors (Lipinski definition) is 1. The lowest BCUT2D eigenvalue weighted by Crippen LogP contribution is -2.40. The third kappa shape index (κ3) is 3.57. The van der Waals surface area contributed by atoms with Crippen molar-refractivity contribution in [2.24, 2.45) is 0 Å². The van der Waals surface area contributed by atoms with Crippen molar-refractivity contribution >= 4 is 44.7 Å². The van der Waals surface area contributed by atoms with Crippen LogP contribution in [0.4, 0.5) is 0 Å². The summed E-state index contributed by atoms with van der Waals surface area (Å²) in [5.41, 5.74) is 2.78. The van der Waals surface area contributed by atoms with E-state index in [2.05, 4.69) is 15.9 Å². The zero-order valence-corrected chi connectivity index (χ0v) is 19.0. The molecule has 1 unspecified atom stereocenters. The number of nitrogens with zero attached hydrogens (tertiary/aromatic N) is 1. The Morgan fingerprint density at radius 1 is 1.10 bits per heavy atom. The molecule has 1 aromatic heterocycles. The number of aryl methyl sites for hydroxylation is 2. The van der Waals surface area contributed by atoms with E-state index in [9.17, 15) is 14.7 Å². The van der Waals surface area contributed by atoms with Crippen LogP contribution in [0.5, 0.6) is 0 Å². The molecule has 2 aromatic rings. The Balaban J connectivity index is 1.88. The second-order valence-corrected chi connectivity index (χ2v) is 9.73. The largest absolute Gasteiger partial charge is 0.507 e. The molecule has 0 spiro atoms. The minimum Gasteiger partial charge on any atom is -0.507 e. The third-order valence-electron chi connectivity index (χ3n) is 6.03. The van der Waals surface area contributed by atoms with Gasteiger partial charge in [0, 0.05) is 21.0 Å². The SMILES string of the molecule is Cc1cc(/C(O)=C2/C(=O)C(=O)N(C3CCCCC3)C2c2sccc2C)ccc1Br. The van der Waals surface area contributed by atoms with E-state index in [-0.39, 0.29) is 17.4 Å². The smallest absolute Gasteiger partial charge is 0.295 e. The zero-order valence-electron chi connectivity index (χ0n) is 16.6. The van der Waals surface area contributed by atoms with E-state index in [1.807, 2.05) is 37.4 Å². The highest BCUT2D eigenvalue weighted by Crippen LogP contribution is 2.45. The minimum absolute atomic E-state index is 0.0450. The van der Waals surface area contributed by atoms with Gasteiger partial charge in [0.2, 0.25) is 0 Å². The van der Waals surface area contributed by atoms with E-state index in [0.717, 1.165) is 46.2 Å². The standard InChI is InChI=1S/C23H24BrNO3S/c1-13-10-11-29-22(13)19-18(20(26)15-8-9-17(24)14(2)12-15)21(27)23(28)25(19)16-6-4-3-5-7-16/h8-12,16,19,26H,3-7H2,1-2H3/b20-18-. The third-order valence-corrected chi connectivity index (χ3v) is 7.99. The van der Waals surface area contributed by atoms with Gasteiger partial charge in [-0.1, -0.05) is 41.3 Å². The molecule has 1 amide bonds. The molecule has 1 aromatic carbocycles. The number of carbonyl (C=O) groups is 2. The molecule has 4 nitrogen and oxygen atoms in total. The second kappa shape index (κ2) is 8.07. The molecule has 0 bridgehead atoms. The summed E-state index contributed by atoms with van der Waals surface area (Å²) in [6.45, 7) is 3.93. The van der Waals surface area contributed by atoms with Crippen LogP contribution in [0.2, 0.25) is 0 Å². The number of halogens is 1. The molecule has 2 heterocycles. The highest BCUT2D eigenvalue weighted by atomic mass is 79.9. The molecule has 152 valence electrons. The Labute approximate surface area is 183 Å². The van der Waals surface area contributed by atoms with Gasteiger partial charge in [-0.25, -0.2) is 0 Å². The topological polar surface area (TPSA) is 57.6 Å². The molecule has 1 aliphatic heterocycles. The molecule has 1 N–H and O–H groups in total. The maximum Gasteiger partial charge on any atom is 0.295 e. The molecule has 1 saturated carbocycles. The summed E-state index contributed by atoms with van der Waals surface area (Å²) in [5.74, 6) is -1.15. The Bertz CT molecular complexity index is 1000. The van der Waals surface area contributed by atoms with Crippen molar-refractivity contribution in [2.75, 3.05) is 0 Å². The van der Waals surface area contributed by atoms with Gasteiger partial charge in [-0.05, 0) is 61.4 Å². The number of benzene rings is 1. The van der Waals surface area contributed by atoms with Crippen molar-refractivity contribution in [3.8, 4) is 0 Å². The first-order valence-corrected chi connectivity index (χ1v) is 11.7. The summed E-state index contributed by atoms with van der Waals surface area (Å²) in [7, 11) is 0. The second-order valence-electron chi connectivity index (χ2n) is 7.93. The lowest BCUT2D eigenvalue weighted by atomic mass is 9.92. The van der Waals surface area contributed by atoms with Crippen molar-refractivity contribution in [2.45, 2.75) is 58.0 Å². The normalized spacial score (nSPS) is 22.4. The van der Waals surface area contributed by atoms with Crippen LogP contribution in [0.3, 0.4) is 0 Å². The number of aliphatic hydroxyl groups excluding tert-OH is 1. The van der Waals surface area contributed by atoms with Crippen LogP contribution in [0.15, 0.2) is 39.7 Å². The predicted octanol–water partition coefficient (Wildman–Crippen LogP) is 5.88. The molecule has 2 fully saturated rings. The van der Waals surface area contributed by atoms with E-state index >= 15 is 0 Å². The molecule has 1 saturated heterocycles. The van der Waals surface area contributed by atoms with Crippen LogP contribution in [-0.4, -0.2) is 27.7 Å². The minimum atomic E-state index is -0.577. The average Bonchev–Trinajstić information content (AvgIpc) is 3.25. The van der Waals surface area contributed by atoms with Crippen molar-refractivity contribution in [3.05, 3.63) is 61.3 Å². The Morgan fingerprint density at radius 3 is 2.45 bits per heavy atom. The number of hydrogen-bond acceptors (Lipinski definition) is 4. The highest BCUT2D eigenvalue weighted by molar-refractivity contribution is 9.10. The molecule has 1 atom stereocenters. The van der Waals surface area contributed by atoms with E-state index in [4.69, 9.17) is 0 Å². The van der Waals surface area contributed by atoms with Gasteiger partial charge in [0.1, 0.15) is 11.8 Å². The van der Waals surface area contributed by atoms with Gasteiger partial charge >= 0.3 is 0 Å². The zero-order chi connectivity index (χ0) is 20.7. The molecule has 4 rings (SSSR count). The molecule has 2 aliphatic rings. The van der Waals surface area contributed by atoms with E-state index in [1.54, 1.807) is 22.3 Å². The maximum absolute atomic E-state index is 13.1. The van der Waals surface area contributed by atoms with Gasteiger partial charge in [0.15, 0.2) is 0 Å². The predicted molar refractivity (Wildman–Crippen MR) is 119 cm³/mol. The highest BCUT2D eigenvalue weighted by Gasteiger charge is 2.49. The van der Waals surface area contributed by atoms with Gasteiger partial charge < -0.3 is 10.0 Å². The fourth-order valence-electron chi connectivity index (χ4n) is 4.46. The number of ketones is 1. The average molecular weight is 474 g/mol. The van der Waals surface area contributed by atoms with Gasteiger partial charge in [-0.3, -0.25) is 9.59 Å². The van der Waals surface area contributed by atoms with E-state index in [1.165, 1.54) is 6.42 Å². The summed E-state index contributed by atoms with van der Waals surface area (Å²) in [4.78, 5) is 29.0. The van der Waals surface area contributed by atoms with Gasteiger partial charge in [0.25, 0.3) is 11.7 Å². The first-order valence-electron chi connectivity index (χ1n) is 10.0. The Kier molecular flexibility index (Phi) is 5.67. The molecular formula is C23H24BrNO3S. The van der Waals surface area contributed by atoms with Crippen molar-refractivity contribution in [3.63, 3.8) is 0 Å². The molecule has 29 heavy (non-hydrogen) atoms. The van der Waals surface area contributed by atoms with E-state index in [0.29, 0.717) is 5.56 Å². The lowest BCUT2D eigenvalue weighted by Gasteiger charge is -2.35. The van der Waals surface area contributed by atoms with Gasteiger partial charge in [-0.15, -0.1) is 11.3 Å². The van der Waals surface area contributed by atoms with Crippen LogP contribution in [0, 0.1) is 13.8 Å². The lowest BCUT2D eigenvalue weighted by molar-refractivity contribution is -0.141. The molecular weight excluding hydrogens is 450 g/mol. The number of carbonyl (C=O) groups excluding carboxylic acids is 2. The fourth-order valence-corrected chi connectivity index (χ4v) is 5.73. The van der Waals surface area contributed by atoms with Crippen molar-refractivity contribution in [1.29, 1.82) is 0 Å². The number of thiophene rings is 1. The van der Waals surface area contributed by atoms with Crippen molar-refractivity contribution < 1.29 is 14.7 Å². The number of Topliss-reactive ketones (excluding diaryl/α,β-unsaturated/α-hetero) is 1. The first kappa shape index (κ1) is 20.4. The number of rotatable bonds is 3. The molecule has 0 radical (unpaired) electrons. The van der Waals surface area contributed by atoms with Crippen LogP contribution >= 0.6 is 27.3 Å². The Morgan fingerprint density at radius 2 is 1.83 bits per heavy atom. The number of aliphatic hydroxyl groups is 1. The monoisotopic (exact) mass is 473 g/mol.